The Labute approximate surface area is 251 Å². The van der Waals surface area contributed by atoms with Crippen LogP contribution in [-0.4, -0.2) is 84.2 Å². The molecule has 3 aliphatic heterocycles. The lowest BCUT2D eigenvalue weighted by molar-refractivity contribution is -0.145. The van der Waals surface area contributed by atoms with Crippen LogP contribution in [0.2, 0.25) is 0 Å². The Bertz CT molecular complexity index is 1280. The number of rotatable bonds is 4. The van der Waals surface area contributed by atoms with E-state index in [1.165, 1.54) is 57.2 Å². The molecule has 1 aromatic rings. The molecule has 2 amide bonds. The third-order valence-electron chi connectivity index (χ3n) is 12.8. The highest BCUT2D eigenvalue weighted by atomic mass is 16.6. The van der Waals surface area contributed by atoms with E-state index in [1.54, 1.807) is 17.6 Å². The molecule has 7 aliphatic rings. The monoisotopic (exact) mass is 575 g/mol. The van der Waals surface area contributed by atoms with Gasteiger partial charge in [-0.05, 0) is 132 Å². The van der Waals surface area contributed by atoms with Gasteiger partial charge in [0.25, 0.3) is 0 Å². The number of carbonyl (C=O) groups is 2. The minimum atomic E-state index is -0.498. The van der Waals surface area contributed by atoms with Gasteiger partial charge in [-0.1, -0.05) is 6.07 Å². The molecule has 3 saturated carbocycles. The first kappa shape index (κ1) is 27.3. The van der Waals surface area contributed by atoms with Crippen LogP contribution in [0.5, 0.6) is 5.75 Å². The van der Waals surface area contributed by atoms with E-state index in [2.05, 4.69) is 28.0 Å². The fraction of sp³-hybridized carbons (Fsp3) is 0.771. The van der Waals surface area contributed by atoms with E-state index in [-0.39, 0.29) is 17.4 Å². The molecule has 0 N–H and O–H groups in total. The number of carbonyl (C=O) groups excluding carboxylic acids is 2. The normalized spacial score (nSPS) is 37.3. The van der Waals surface area contributed by atoms with Crippen molar-refractivity contribution >= 4 is 12.0 Å². The summed E-state index contributed by atoms with van der Waals surface area (Å²) in [4.78, 5) is 34.0. The maximum atomic E-state index is 14.2. The zero-order valence-electron chi connectivity index (χ0n) is 26.1. The molecule has 3 heterocycles. The molecular weight excluding hydrogens is 526 g/mol. The predicted octanol–water partition coefficient (Wildman–Crippen LogP) is 5.25. The van der Waals surface area contributed by atoms with E-state index in [0.29, 0.717) is 48.3 Å². The summed E-state index contributed by atoms with van der Waals surface area (Å²) in [6.07, 6.45) is 10.1. The van der Waals surface area contributed by atoms with Gasteiger partial charge in [-0.2, -0.15) is 0 Å². The molecule has 6 fully saturated rings. The highest BCUT2D eigenvalue weighted by Crippen LogP contribution is 2.75. The van der Waals surface area contributed by atoms with E-state index in [9.17, 15) is 9.59 Å². The van der Waals surface area contributed by atoms with Crippen molar-refractivity contribution in [3.63, 3.8) is 0 Å². The smallest absolute Gasteiger partial charge is 0.410 e. The summed E-state index contributed by atoms with van der Waals surface area (Å²) in [6.45, 7) is 10.4. The van der Waals surface area contributed by atoms with Crippen LogP contribution in [0, 0.1) is 29.1 Å². The summed E-state index contributed by atoms with van der Waals surface area (Å²) in [6, 6.07) is 7.93. The lowest BCUT2D eigenvalue weighted by Gasteiger charge is -2.66. The van der Waals surface area contributed by atoms with Crippen LogP contribution >= 0.6 is 0 Å². The van der Waals surface area contributed by atoms with Gasteiger partial charge in [0.2, 0.25) is 5.91 Å². The minimum absolute atomic E-state index is 0.0126. The van der Waals surface area contributed by atoms with E-state index in [0.717, 1.165) is 37.5 Å². The molecule has 8 rings (SSSR count). The van der Waals surface area contributed by atoms with Crippen LogP contribution in [0.25, 0.3) is 0 Å². The molecule has 42 heavy (non-hydrogen) atoms. The van der Waals surface area contributed by atoms with Gasteiger partial charge in [0, 0.05) is 49.6 Å². The number of amides is 2. The number of fused-ring (bicyclic) bond motifs is 1. The number of nitrogens with zero attached hydrogens (tertiary/aromatic N) is 3. The maximum absolute atomic E-state index is 14.2. The summed E-state index contributed by atoms with van der Waals surface area (Å²) in [5.74, 6) is 3.40. The maximum Gasteiger partial charge on any atom is 0.410 e. The van der Waals surface area contributed by atoms with Gasteiger partial charge in [0.05, 0.1) is 7.11 Å². The van der Waals surface area contributed by atoms with Gasteiger partial charge < -0.3 is 19.3 Å². The average Bonchev–Trinajstić information content (AvgIpc) is 3.66. The Morgan fingerprint density at radius 1 is 1.02 bits per heavy atom. The van der Waals surface area contributed by atoms with Gasteiger partial charge in [-0.15, -0.1) is 0 Å². The molecule has 228 valence electrons. The Morgan fingerprint density at radius 2 is 1.81 bits per heavy atom. The topological polar surface area (TPSA) is 62.3 Å². The zero-order valence-corrected chi connectivity index (χ0v) is 26.1. The van der Waals surface area contributed by atoms with E-state index in [4.69, 9.17) is 9.47 Å². The van der Waals surface area contributed by atoms with Crippen molar-refractivity contribution < 1.29 is 19.1 Å². The van der Waals surface area contributed by atoms with Gasteiger partial charge >= 0.3 is 6.09 Å². The molecule has 3 saturated heterocycles. The second-order valence-electron chi connectivity index (χ2n) is 15.9. The molecule has 4 aliphatic carbocycles. The van der Waals surface area contributed by atoms with Crippen molar-refractivity contribution in [3.8, 4) is 5.75 Å². The largest absolute Gasteiger partial charge is 0.497 e. The van der Waals surface area contributed by atoms with Gasteiger partial charge in [-0.25, -0.2) is 4.79 Å². The van der Waals surface area contributed by atoms with Crippen molar-refractivity contribution in [1.29, 1.82) is 0 Å². The molecule has 0 aromatic heterocycles. The molecule has 5 unspecified atom stereocenters. The van der Waals surface area contributed by atoms with Gasteiger partial charge in [0.1, 0.15) is 11.4 Å². The Hall–Kier alpha value is -2.28. The lowest BCUT2D eigenvalue weighted by Crippen LogP contribution is -2.70. The van der Waals surface area contributed by atoms with Crippen LogP contribution in [0.15, 0.2) is 18.2 Å². The molecule has 4 bridgehead atoms. The van der Waals surface area contributed by atoms with Crippen LogP contribution in [0.4, 0.5) is 4.79 Å². The molecule has 0 radical (unpaired) electrons. The zero-order chi connectivity index (χ0) is 29.0. The SMILES string of the molecule is COc1ccc2c(c1)C13CCN(CC4CC4)C(C2)C12CCC1C3[C@@H](CN1C(=O)C1CCN(C(=O)OC(C)(C)C)CC1)C2. The van der Waals surface area contributed by atoms with Crippen molar-refractivity contribution in [1.82, 2.24) is 14.7 Å². The van der Waals surface area contributed by atoms with Crippen molar-refractivity contribution in [2.45, 2.75) is 102 Å². The standard InChI is InChI=1S/C35H49N3O4/c1-33(2,3)42-32(40)36-14-10-23(11-15-36)31(39)38-21-25-19-34-12-9-28(38)30(25)35(34)13-16-37(20-22-5-6-22)29(34)17-24-7-8-26(41-4)18-27(24)35/h7-8,18,22-23,25,28-30H,5-6,9-17,19-21H2,1-4H3/t25-,28?,29?,30?,34?,35?/m1/s1. The van der Waals surface area contributed by atoms with Crippen LogP contribution in [0.3, 0.4) is 0 Å². The number of ether oxygens (including phenoxy) is 2. The van der Waals surface area contributed by atoms with Gasteiger partial charge in [-0.3, -0.25) is 9.69 Å². The minimum Gasteiger partial charge on any atom is -0.497 e. The lowest BCUT2D eigenvalue weighted by atomic mass is 9.43. The van der Waals surface area contributed by atoms with Crippen molar-refractivity contribution in [2.24, 2.45) is 29.1 Å². The number of piperidine rings is 2. The van der Waals surface area contributed by atoms with E-state index in [1.807, 2.05) is 20.8 Å². The van der Waals surface area contributed by atoms with Crippen LogP contribution in [-0.2, 0) is 21.4 Å². The molecular formula is C35H49N3O4. The van der Waals surface area contributed by atoms with Crippen LogP contribution in [0.1, 0.15) is 83.3 Å². The third-order valence-corrected chi connectivity index (χ3v) is 12.8. The quantitative estimate of drug-likeness (QED) is 0.491. The summed E-state index contributed by atoms with van der Waals surface area (Å²) in [7, 11) is 1.80. The molecule has 0 spiro atoms. The van der Waals surface area contributed by atoms with Gasteiger partial charge in [0.15, 0.2) is 0 Å². The van der Waals surface area contributed by atoms with E-state index < -0.39 is 5.60 Å². The highest BCUT2D eigenvalue weighted by Gasteiger charge is 2.76. The first-order chi connectivity index (χ1) is 20.1. The molecule has 7 heteroatoms. The first-order valence-corrected chi connectivity index (χ1v) is 16.8. The molecule has 1 aromatic carbocycles. The number of benzene rings is 1. The van der Waals surface area contributed by atoms with E-state index >= 15 is 0 Å². The Morgan fingerprint density at radius 3 is 2.52 bits per heavy atom. The van der Waals surface area contributed by atoms with Crippen LogP contribution < -0.4 is 4.74 Å². The first-order valence-electron chi connectivity index (χ1n) is 16.8. The fourth-order valence-electron chi connectivity index (χ4n) is 11.2. The third kappa shape index (κ3) is 3.86. The van der Waals surface area contributed by atoms with Crippen molar-refractivity contribution in [3.05, 3.63) is 29.3 Å². The number of likely N-dealkylation sites (tertiary alicyclic amines) is 3. The number of methoxy groups -OCH3 is 1. The summed E-state index contributed by atoms with van der Waals surface area (Å²) in [5, 5.41) is 0. The average molecular weight is 576 g/mol. The fourth-order valence-corrected chi connectivity index (χ4v) is 11.2. The Balaban J connectivity index is 1.07. The predicted molar refractivity (Wildman–Crippen MR) is 160 cm³/mol. The summed E-state index contributed by atoms with van der Waals surface area (Å²) < 4.78 is 11.4. The number of hydrogen-bond donors (Lipinski definition) is 0. The summed E-state index contributed by atoms with van der Waals surface area (Å²) in [5.41, 5.74) is 3.10. The second-order valence-corrected chi connectivity index (χ2v) is 15.9. The highest BCUT2D eigenvalue weighted by molar-refractivity contribution is 5.80. The number of hydrogen-bond acceptors (Lipinski definition) is 5. The molecule has 6 atom stereocenters. The molecule has 7 nitrogen and oxygen atoms in total. The second kappa shape index (κ2) is 9.36. The van der Waals surface area contributed by atoms with Crippen molar-refractivity contribution in [2.75, 3.05) is 39.8 Å². The Kier molecular flexibility index (Phi) is 6.08. The summed E-state index contributed by atoms with van der Waals surface area (Å²) >= 11 is 0.